The second kappa shape index (κ2) is 13.5. The average Bonchev–Trinajstić information content (AvgIpc) is 2.41. The Kier molecular flexibility index (Phi) is 13.2. The molecule has 0 heterocycles. The van der Waals surface area contributed by atoms with Crippen LogP contribution in [0.4, 0.5) is 0 Å². The average molecular weight is 304 g/mol. The molecule has 20 heavy (non-hydrogen) atoms. The molecule has 0 bridgehead atoms. The molecule has 0 aliphatic rings. The molecule has 0 unspecified atom stereocenters. The number of carbonyl (C=O) groups excluding carboxylic acids is 1. The number of allylic oxidation sites excluding steroid dienone is 1. The van der Waals surface area contributed by atoms with Gasteiger partial charge in [0, 0.05) is 12.2 Å². The summed E-state index contributed by atoms with van der Waals surface area (Å²) in [6.45, 7) is 4.40. The number of aldehydes is 1. The first-order chi connectivity index (χ1) is 9.68. The van der Waals surface area contributed by atoms with E-state index in [-0.39, 0.29) is 0 Å². The summed E-state index contributed by atoms with van der Waals surface area (Å²) in [5.74, 6) is 1.59. The molecule has 0 fully saturated rings. The first-order valence-electron chi connectivity index (χ1n) is 7.68. The molecule has 118 valence electrons. The highest BCUT2D eigenvalue weighted by Crippen LogP contribution is 2.49. The van der Waals surface area contributed by atoms with Gasteiger partial charge in [-0.05, 0) is 33.1 Å². The third-order valence-electron chi connectivity index (χ3n) is 2.85. The highest BCUT2D eigenvalue weighted by atomic mass is 31.2. The van der Waals surface area contributed by atoms with Crippen molar-refractivity contribution in [3.8, 4) is 0 Å². The third-order valence-corrected chi connectivity index (χ3v) is 4.66. The summed E-state index contributed by atoms with van der Waals surface area (Å²) in [5, 5.41) is 0. The number of hydrogen-bond acceptors (Lipinski definition) is 4. The third kappa shape index (κ3) is 11.4. The number of unbranched alkanes of at least 4 members (excludes halogenated alkanes) is 7. The zero-order valence-electron chi connectivity index (χ0n) is 12.9. The zero-order chi connectivity index (χ0) is 15.1. The summed E-state index contributed by atoms with van der Waals surface area (Å²) in [4.78, 5) is 10.1. The van der Waals surface area contributed by atoms with E-state index in [2.05, 4.69) is 0 Å². The van der Waals surface area contributed by atoms with Crippen molar-refractivity contribution in [2.45, 2.75) is 65.2 Å². The minimum atomic E-state index is -3.01. The van der Waals surface area contributed by atoms with Crippen molar-refractivity contribution in [1.82, 2.24) is 0 Å². The van der Waals surface area contributed by atoms with E-state index in [4.69, 9.17) is 9.05 Å². The Labute approximate surface area is 123 Å². The van der Waals surface area contributed by atoms with Crippen molar-refractivity contribution in [3.63, 3.8) is 0 Å². The summed E-state index contributed by atoms with van der Waals surface area (Å²) in [7, 11) is -3.01. The summed E-state index contributed by atoms with van der Waals surface area (Å²) in [6.07, 6.45) is 11.3. The van der Waals surface area contributed by atoms with Crippen LogP contribution in [0.25, 0.3) is 0 Å². The van der Waals surface area contributed by atoms with Crippen LogP contribution in [0.5, 0.6) is 0 Å². The highest BCUT2D eigenvalue weighted by Gasteiger charge is 2.18. The molecule has 0 aromatic rings. The lowest BCUT2D eigenvalue weighted by Crippen LogP contribution is -1.92. The van der Waals surface area contributed by atoms with Crippen molar-refractivity contribution in [1.29, 1.82) is 0 Å². The van der Waals surface area contributed by atoms with E-state index in [1.807, 2.05) is 19.9 Å². The standard InChI is InChI=1S/C15H29O4P/c1-3-18-20(17,19-4-2)15-13-11-9-7-5-6-8-10-12-14-16/h13-15H,3-12H2,1-2H3/b15-13+. The molecule has 0 saturated heterocycles. The van der Waals surface area contributed by atoms with Crippen LogP contribution >= 0.6 is 7.60 Å². The second-order valence-electron chi connectivity index (χ2n) is 4.63. The molecule has 0 aliphatic heterocycles. The smallest absolute Gasteiger partial charge is 0.306 e. The lowest BCUT2D eigenvalue weighted by molar-refractivity contribution is -0.107. The minimum Gasteiger partial charge on any atom is -0.306 e. The maximum atomic E-state index is 12.1. The Bertz CT molecular complexity index is 292. The van der Waals surface area contributed by atoms with Crippen molar-refractivity contribution in [2.75, 3.05) is 13.2 Å². The first kappa shape index (κ1) is 19.6. The van der Waals surface area contributed by atoms with Crippen LogP contribution < -0.4 is 0 Å². The normalized spacial score (nSPS) is 12.1. The number of hydrogen-bond donors (Lipinski definition) is 0. The topological polar surface area (TPSA) is 52.6 Å². The molecule has 0 radical (unpaired) electrons. The molecule has 0 N–H and O–H groups in total. The van der Waals surface area contributed by atoms with Crippen LogP contribution in [0.2, 0.25) is 0 Å². The molecule has 0 spiro atoms. The van der Waals surface area contributed by atoms with Crippen LogP contribution in [-0.2, 0) is 18.4 Å². The summed E-state index contributed by atoms with van der Waals surface area (Å²) in [5.41, 5.74) is 0. The van der Waals surface area contributed by atoms with Crippen LogP contribution in [0.1, 0.15) is 65.2 Å². The van der Waals surface area contributed by atoms with E-state index in [0.29, 0.717) is 19.6 Å². The van der Waals surface area contributed by atoms with Gasteiger partial charge in [-0.15, -0.1) is 0 Å². The fourth-order valence-electron chi connectivity index (χ4n) is 1.88. The Morgan fingerprint density at radius 1 is 0.850 bits per heavy atom. The quantitative estimate of drug-likeness (QED) is 0.255. The molecule has 0 aliphatic carbocycles. The van der Waals surface area contributed by atoms with Crippen LogP contribution in [0.15, 0.2) is 11.9 Å². The molecule has 0 aromatic heterocycles. The maximum absolute atomic E-state index is 12.1. The highest BCUT2D eigenvalue weighted by molar-refractivity contribution is 7.57. The fourth-order valence-corrected chi connectivity index (χ4v) is 3.26. The lowest BCUT2D eigenvalue weighted by Gasteiger charge is -2.12. The summed E-state index contributed by atoms with van der Waals surface area (Å²) >= 11 is 0. The van der Waals surface area contributed by atoms with E-state index in [9.17, 15) is 9.36 Å². The Hall–Kier alpha value is -0.440. The predicted molar refractivity (Wildman–Crippen MR) is 83.0 cm³/mol. The Morgan fingerprint density at radius 3 is 1.85 bits per heavy atom. The van der Waals surface area contributed by atoms with Gasteiger partial charge in [-0.25, -0.2) is 0 Å². The lowest BCUT2D eigenvalue weighted by atomic mass is 10.1. The molecule has 0 saturated carbocycles. The molecule has 0 rings (SSSR count). The molecule has 4 nitrogen and oxygen atoms in total. The van der Waals surface area contributed by atoms with Crippen molar-refractivity contribution < 1.29 is 18.4 Å². The van der Waals surface area contributed by atoms with Crippen LogP contribution in [0, 0.1) is 0 Å². The second-order valence-corrected chi connectivity index (χ2v) is 6.52. The molecule has 0 amide bonds. The van der Waals surface area contributed by atoms with Crippen molar-refractivity contribution in [2.24, 2.45) is 0 Å². The van der Waals surface area contributed by atoms with E-state index >= 15 is 0 Å². The largest absolute Gasteiger partial charge is 0.353 e. The van der Waals surface area contributed by atoms with E-state index in [1.54, 1.807) is 5.82 Å². The van der Waals surface area contributed by atoms with Gasteiger partial charge < -0.3 is 13.8 Å². The van der Waals surface area contributed by atoms with Gasteiger partial charge in [0.05, 0.1) is 13.2 Å². The van der Waals surface area contributed by atoms with Crippen LogP contribution in [0.3, 0.4) is 0 Å². The van der Waals surface area contributed by atoms with Gasteiger partial charge in [0.25, 0.3) is 0 Å². The van der Waals surface area contributed by atoms with Gasteiger partial charge in [0.2, 0.25) is 0 Å². The molecule has 5 heteroatoms. The first-order valence-corrected chi connectivity index (χ1v) is 9.29. The zero-order valence-corrected chi connectivity index (χ0v) is 13.8. The molecule has 0 atom stereocenters. The predicted octanol–water partition coefficient (Wildman–Crippen LogP) is 5.09. The SMILES string of the molecule is CCOP(=O)(/C=C/CCCCCCCCC=O)OCC. The molecular formula is C15H29O4P. The van der Waals surface area contributed by atoms with Gasteiger partial charge >= 0.3 is 7.60 Å². The van der Waals surface area contributed by atoms with Crippen molar-refractivity contribution >= 4 is 13.9 Å². The number of rotatable bonds is 14. The Morgan fingerprint density at radius 2 is 1.35 bits per heavy atom. The number of carbonyl (C=O) groups is 1. The monoisotopic (exact) mass is 304 g/mol. The van der Waals surface area contributed by atoms with Gasteiger partial charge in [0.1, 0.15) is 6.29 Å². The van der Waals surface area contributed by atoms with Gasteiger partial charge in [-0.2, -0.15) is 0 Å². The van der Waals surface area contributed by atoms with Crippen molar-refractivity contribution in [3.05, 3.63) is 11.9 Å². The van der Waals surface area contributed by atoms with E-state index < -0.39 is 7.60 Å². The van der Waals surface area contributed by atoms with Gasteiger partial charge in [0.15, 0.2) is 0 Å². The van der Waals surface area contributed by atoms with Crippen LogP contribution in [-0.4, -0.2) is 19.5 Å². The van der Waals surface area contributed by atoms with Gasteiger partial charge in [-0.1, -0.05) is 31.8 Å². The van der Waals surface area contributed by atoms with E-state index in [1.165, 1.54) is 19.3 Å². The molecule has 0 aromatic carbocycles. The van der Waals surface area contributed by atoms with E-state index in [0.717, 1.165) is 32.0 Å². The Balaban J connectivity index is 3.63. The minimum absolute atomic E-state index is 0.391. The maximum Gasteiger partial charge on any atom is 0.353 e. The summed E-state index contributed by atoms with van der Waals surface area (Å²) < 4.78 is 22.4. The summed E-state index contributed by atoms with van der Waals surface area (Å²) in [6, 6.07) is 0. The fraction of sp³-hybridized carbons (Fsp3) is 0.800. The molecular weight excluding hydrogens is 275 g/mol. The van der Waals surface area contributed by atoms with Gasteiger partial charge in [-0.3, -0.25) is 4.57 Å².